The molecule has 1 aromatic carbocycles. The number of ether oxygens (including phenoxy) is 1. The van der Waals surface area contributed by atoms with Crippen molar-refractivity contribution in [3.8, 4) is 5.75 Å². The summed E-state index contributed by atoms with van der Waals surface area (Å²) in [5.41, 5.74) is 3.22. The summed E-state index contributed by atoms with van der Waals surface area (Å²) in [5, 5.41) is 3.11. The van der Waals surface area contributed by atoms with Crippen molar-refractivity contribution in [1.29, 1.82) is 0 Å². The molecule has 122 valence electrons. The molecule has 9 heteroatoms. The number of nitrogens with two attached hydrogens (primary N) is 1. The smallest absolute Gasteiger partial charge is 0.326 e. The molecule has 0 saturated heterocycles. The van der Waals surface area contributed by atoms with E-state index < -0.39 is 23.2 Å². The fraction of sp³-hybridized carbons (Fsp3) is 0.214. The van der Waals surface area contributed by atoms with Crippen LogP contribution in [0.3, 0.4) is 0 Å². The summed E-state index contributed by atoms with van der Waals surface area (Å²) < 4.78 is 5.49. The largest absolute Gasteiger partial charge is 0.491 e. The predicted molar refractivity (Wildman–Crippen MR) is 86.0 cm³/mol. The van der Waals surface area contributed by atoms with Crippen LogP contribution in [0.15, 0.2) is 33.9 Å². The second-order valence-electron chi connectivity index (χ2n) is 4.84. The van der Waals surface area contributed by atoms with Gasteiger partial charge >= 0.3 is 5.69 Å². The maximum atomic E-state index is 12.1. The third-order valence-corrected chi connectivity index (χ3v) is 3.12. The van der Waals surface area contributed by atoms with Gasteiger partial charge in [-0.25, -0.2) is 4.79 Å². The van der Waals surface area contributed by atoms with Crippen LogP contribution in [0.4, 0.5) is 5.69 Å². The molecule has 0 bridgehead atoms. The molecule has 0 spiro atoms. The Balaban J connectivity index is 2.00. The van der Waals surface area contributed by atoms with Crippen molar-refractivity contribution in [1.82, 2.24) is 15.3 Å². The van der Waals surface area contributed by atoms with Gasteiger partial charge in [-0.3, -0.25) is 14.6 Å². The third-order valence-electron chi connectivity index (χ3n) is 2.88. The lowest BCUT2D eigenvalue weighted by Crippen LogP contribution is -2.40. The minimum absolute atomic E-state index is 0.166. The Morgan fingerprint density at radius 2 is 2.13 bits per heavy atom. The van der Waals surface area contributed by atoms with Gasteiger partial charge in [0.25, 0.3) is 11.5 Å². The fourth-order valence-electron chi connectivity index (χ4n) is 1.79. The lowest BCUT2D eigenvalue weighted by atomic mass is 10.3. The van der Waals surface area contributed by atoms with Crippen molar-refractivity contribution in [2.45, 2.75) is 13.0 Å². The van der Waals surface area contributed by atoms with Crippen LogP contribution in [-0.4, -0.2) is 28.5 Å². The highest BCUT2D eigenvalue weighted by molar-refractivity contribution is 6.30. The molecule has 1 heterocycles. The molecule has 0 saturated carbocycles. The van der Waals surface area contributed by atoms with Crippen molar-refractivity contribution >= 4 is 23.2 Å². The number of H-pyrrole nitrogens is 2. The summed E-state index contributed by atoms with van der Waals surface area (Å²) in [7, 11) is 0. The fourth-order valence-corrected chi connectivity index (χ4v) is 1.97. The van der Waals surface area contributed by atoms with E-state index in [9.17, 15) is 14.4 Å². The SMILES string of the molecule is C[C@H](COc1cccc(Cl)c1)NC(=O)c1[nH]c(=O)[nH]c(=O)c1N. The number of hydrogen-bond acceptors (Lipinski definition) is 5. The first-order valence-electron chi connectivity index (χ1n) is 6.68. The Morgan fingerprint density at radius 1 is 1.39 bits per heavy atom. The van der Waals surface area contributed by atoms with Gasteiger partial charge in [-0.2, -0.15) is 0 Å². The topological polar surface area (TPSA) is 130 Å². The van der Waals surface area contributed by atoms with Crippen LogP contribution >= 0.6 is 11.6 Å². The zero-order valence-electron chi connectivity index (χ0n) is 12.2. The Kier molecular flexibility index (Phi) is 5.07. The number of carbonyl (C=O) groups is 1. The van der Waals surface area contributed by atoms with Gasteiger partial charge in [0.05, 0.1) is 6.04 Å². The summed E-state index contributed by atoms with van der Waals surface area (Å²) in [6, 6.07) is 6.42. The maximum Gasteiger partial charge on any atom is 0.326 e. The lowest BCUT2D eigenvalue weighted by molar-refractivity contribution is 0.0922. The number of aromatic nitrogens is 2. The highest BCUT2D eigenvalue weighted by Gasteiger charge is 2.16. The molecule has 0 aliphatic heterocycles. The Morgan fingerprint density at radius 3 is 2.83 bits per heavy atom. The van der Waals surface area contributed by atoms with Crippen LogP contribution in [0.5, 0.6) is 5.75 Å². The number of rotatable bonds is 5. The van der Waals surface area contributed by atoms with E-state index in [4.69, 9.17) is 22.1 Å². The number of amides is 1. The van der Waals surface area contributed by atoms with E-state index >= 15 is 0 Å². The average molecular weight is 339 g/mol. The van der Waals surface area contributed by atoms with Crippen LogP contribution in [0.2, 0.25) is 5.02 Å². The second kappa shape index (κ2) is 7.01. The molecule has 2 aromatic rings. The van der Waals surface area contributed by atoms with Crippen molar-refractivity contribution in [3.05, 3.63) is 55.8 Å². The summed E-state index contributed by atoms with van der Waals surface area (Å²) in [6.07, 6.45) is 0. The molecule has 8 nitrogen and oxygen atoms in total. The summed E-state index contributed by atoms with van der Waals surface area (Å²) in [5.74, 6) is -0.115. The normalized spacial score (nSPS) is 11.7. The lowest BCUT2D eigenvalue weighted by Gasteiger charge is -2.15. The van der Waals surface area contributed by atoms with Gasteiger partial charge in [0, 0.05) is 5.02 Å². The van der Waals surface area contributed by atoms with Crippen molar-refractivity contribution in [2.24, 2.45) is 0 Å². The van der Waals surface area contributed by atoms with Gasteiger partial charge in [0.15, 0.2) is 0 Å². The molecular formula is C14H15ClN4O4. The second-order valence-corrected chi connectivity index (χ2v) is 5.28. The first-order chi connectivity index (χ1) is 10.9. The number of halogens is 1. The van der Waals surface area contributed by atoms with E-state index in [1.54, 1.807) is 31.2 Å². The zero-order chi connectivity index (χ0) is 17.0. The number of anilines is 1. The Bertz CT molecular complexity index is 830. The number of carbonyl (C=O) groups excluding carboxylic acids is 1. The van der Waals surface area contributed by atoms with Crippen LogP contribution in [0.25, 0.3) is 0 Å². The quantitative estimate of drug-likeness (QED) is 0.630. The summed E-state index contributed by atoms with van der Waals surface area (Å²) in [6.45, 7) is 1.86. The van der Waals surface area contributed by atoms with Crippen LogP contribution < -0.4 is 27.0 Å². The molecule has 0 fully saturated rings. The van der Waals surface area contributed by atoms with Gasteiger partial charge in [-0.05, 0) is 25.1 Å². The van der Waals surface area contributed by atoms with Crippen molar-refractivity contribution in [3.63, 3.8) is 0 Å². The standard InChI is InChI=1S/C14H15ClN4O4/c1-7(6-23-9-4-2-3-8(15)5-9)17-13(21)11-10(16)12(20)19-14(22)18-11/h2-5,7H,6,16H2,1H3,(H,17,21)(H2,18,19,20,22)/t7-/m1/s1. The monoisotopic (exact) mass is 338 g/mol. The number of nitrogen functional groups attached to an aromatic ring is 1. The van der Waals surface area contributed by atoms with Gasteiger partial charge in [0.1, 0.15) is 23.7 Å². The van der Waals surface area contributed by atoms with Crippen molar-refractivity contribution < 1.29 is 9.53 Å². The van der Waals surface area contributed by atoms with E-state index in [-0.39, 0.29) is 18.0 Å². The number of hydrogen-bond donors (Lipinski definition) is 4. The van der Waals surface area contributed by atoms with E-state index in [0.717, 1.165) is 0 Å². The first kappa shape index (κ1) is 16.6. The molecule has 0 aliphatic rings. The van der Waals surface area contributed by atoms with E-state index in [1.807, 2.05) is 4.98 Å². The molecule has 5 N–H and O–H groups in total. The van der Waals surface area contributed by atoms with Crippen LogP contribution in [0, 0.1) is 0 Å². The van der Waals surface area contributed by atoms with E-state index in [2.05, 4.69) is 10.3 Å². The molecule has 0 aliphatic carbocycles. The minimum atomic E-state index is -0.818. The van der Waals surface area contributed by atoms with Gasteiger partial charge in [0.2, 0.25) is 0 Å². The molecule has 1 atom stereocenters. The number of nitrogens with one attached hydrogen (secondary N) is 3. The molecule has 1 aromatic heterocycles. The van der Waals surface area contributed by atoms with Gasteiger partial charge in [-0.15, -0.1) is 0 Å². The number of benzene rings is 1. The average Bonchev–Trinajstić information content (AvgIpc) is 2.49. The maximum absolute atomic E-state index is 12.1. The molecule has 1 amide bonds. The van der Waals surface area contributed by atoms with Crippen molar-refractivity contribution in [2.75, 3.05) is 12.3 Å². The minimum Gasteiger partial charge on any atom is -0.491 e. The first-order valence-corrected chi connectivity index (χ1v) is 7.06. The summed E-state index contributed by atoms with van der Waals surface area (Å²) >= 11 is 5.84. The molecule has 2 rings (SSSR count). The van der Waals surface area contributed by atoms with E-state index in [1.165, 1.54) is 0 Å². The summed E-state index contributed by atoms with van der Waals surface area (Å²) in [4.78, 5) is 38.8. The molecule has 0 unspecified atom stereocenters. The Hall–Kier alpha value is -2.74. The van der Waals surface area contributed by atoms with Crippen LogP contribution in [-0.2, 0) is 0 Å². The molecule has 23 heavy (non-hydrogen) atoms. The highest BCUT2D eigenvalue weighted by atomic mass is 35.5. The molecular weight excluding hydrogens is 324 g/mol. The highest BCUT2D eigenvalue weighted by Crippen LogP contribution is 2.17. The van der Waals surface area contributed by atoms with Crippen LogP contribution in [0.1, 0.15) is 17.4 Å². The molecule has 0 radical (unpaired) electrons. The number of aromatic amines is 2. The van der Waals surface area contributed by atoms with Gasteiger partial charge < -0.3 is 20.8 Å². The third kappa shape index (κ3) is 4.36. The zero-order valence-corrected chi connectivity index (χ0v) is 12.9. The van der Waals surface area contributed by atoms with Gasteiger partial charge in [-0.1, -0.05) is 17.7 Å². The van der Waals surface area contributed by atoms with E-state index in [0.29, 0.717) is 10.8 Å². The Labute approximate surface area is 135 Å². The predicted octanol–water partition coefficient (Wildman–Crippen LogP) is 0.496.